The molecule has 0 rings (SSSR count). The number of amides is 1. The fourth-order valence-electron chi connectivity index (χ4n) is 0.978. The van der Waals surface area contributed by atoms with E-state index in [1.165, 1.54) is 0 Å². The van der Waals surface area contributed by atoms with Gasteiger partial charge < -0.3 is 10.1 Å². The third-order valence-corrected chi connectivity index (χ3v) is 1.75. The van der Waals surface area contributed by atoms with Crippen LogP contribution >= 0.6 is 0 Å². The summed E-state index contributed by atoms with van der Waals surface area (Å²) in [5, 5.41) is 6.16. The predicted octanol–water partition coefficient (Wildman–Crippen LogP) is 1.62. The Bertz CT molecular complexity index is 214. The second-order valence-electron chi connectivity index (χ2n) is 2.96. The van der Waals surface area contributed by atoms with E-state index >= 15 is 0 Å². The molecule has 0 bridgehead atoms. The molecule has 0 aromatic heterocycles. The van der Waals surface area contributed by atoms with Crippen LogP contribution in [0, 0.1) is 0 Å². The Labute approximate surface area is 89.6 Å². The van der Waals surface area contributed by atoms with Crippen molar-refractivity contribution in [2.75, 3.05) is 26.3 Å². The minimum absolute atomic E-state index is 0.00670. The molecule has 0 spiro atoms. The van der Waals surface area contributed by atoms with Crippen LogP contribution in [0.2, 0.25) is 0 Å². The van der Waals surface area contributed by atoms with Crippen LogP contribution in [-0.2, 0) is 9.53 Å². The molecule has 0 saturated heterocycles. The van der Waals surface area contributed by atoms with Gasteiger partial charge in [0, 0.05) is 31.0 Å². The van der Waals surface area contributed by atoms with Gasteiger partial charge in [-0.2, -0.15) is 0 Å². The Morgan fingerprint density at radius 1 is 1.53 bits per heavy atom. The number of hydrogen-bond acceptors (Lipinski definition) is 3. The standard InChI is InChI=1S/C9H18N4O2/c1-2-15-8-5-9(14)11-6-3-4-7-12-13-10/h2-8H2,1H3,(H,11,14). The van der Waals surface area contributed by atoms with E-state index in [1.807, 2.05) is 6.92 Å². The Morgan fingerprint density at radius 2 is 2.33 bits per heavy atom. The molecule has 0 fully saturated rings. The molecule has 0 unspecified atom stereocenters. The number of nitrogens with one attached hydrogen (secondary N) is 1. The summed E-state index contributed by atoms with van der Waals surface area (Å²) in [5.41, 5.74) is 8.01. The lowest BCUT2D eigenvalue weighted by atomic mass is 10.3. The van der Waals surface area contributed by atoms with Gasteiger partial charge >= 0.3 is 0 Å². The summed E-state index contributed by atoms with van der Waals surface area (Å²) in [6.45, 7) is 4.13. The highest BCUT2D eigenvalue weighted by Crippen LogP contribution is 1.89. The van der Waals surface area contributed by atoms with Crippen molar-refractivity contribution < 1.29 is 9.53 Å². The fourth-order valence-corrected chi connectivity index (χ4v) is 0.978. The van der Waals surface area contributed by atoms with Crippen molar-refractivity contribution >= 4 is 5.91 Å². The van der Waals surface area contributed by atoms with Gasteiger partial charge in [0.2, 0.25) is 5.91 Å². The van der Waals surface area contributed by atoms with Crippen LogP contribution < -0.4 is 5.32 Å². The molecule has 6 nitrogen and oxygen atoms in total. The molecule has 0 aliphatic rings. The van der Waals surface area contributed by atoms with E-state index in [2.05, 4.69) is 15.3 Å². The van der Waals surface area contributed by atoms with Gasteiger partial charge in [-0.05, 0) is 25.3 Å². The first kappa shape index (κ1) is 13.7. The van der Waals surface area contributed by atoms with E-state index < -0.39 is 0 Å². The molecule has 6 heteroatoms. The van der Waals surface area contributed by atoms with Gasteiger partial charge in [-0.15, -0.1) is 0 Å². The van der Waals surface area contributed by atoms with Crippen molar-refractivity contribution in [2.24, 2.45) is 5.11 Å². The van der Waals surface area contributed by atoms with Crippen LogP contribution in [0.25, 0.3) is 10.4 Å². The summed E-state index contributed by atoms with van der Waals surface area (Å²) in [4.78, 5) is 13.8. The molecule has 0 aliphatic carbocycles. The molecule has 0 saturated carbocycles. The van der Waals surface area contributed by atoms with Crippen LogP contribution in [0.15, 0.2) is 5.11 Å². The van der Waals surface area contributed by atoms with Crippen molar-refractivity contribution in [3.63, 3.8) is 0 Å². The van der Waals surface area contributed by atoms with Gasteiger partial charge in [0.1, 0.15) is 0 Å². The maximum absolute atomic E-state index is 11.1. The summed E-state index contributed by atoms with van der Waals surface area (Å²) in [5.74, 6) is 0.00670. The number of carbonyl (C=O) groups excluding carboxylic acids is 1. The molecule has 0 heterocycles. The van der Waals surface area contributed by atoms with Crippen molar-refractivity contribution in [3.05, 3.63) is 10.4 Å². The van der Waals surface area contributed by atoms with Crippen LogP contribution in [0.4, 0.5) is 0 Å². The minimum atomic E-state index is 0.00670. The summed E-state index contributed by atoms with van der Waals surface area (Å²) in [7, 11) is 0. The topological polar surface area (TPSA) is 87.1 Å². The van der Waals surface area contributed by atoms with Gasteiger partial charge in [-0.3, -0.25) is 4.79 Å². The van der Waals surface area contributed by atoms with Gasteiger partial charge in [-0.25, -0.2) is 0 Å². The summed E-state index contributed by atoms with van der Waals surface area (Å²) >= 11 is 0. The van der Waals surface area contributed by atoms with Gasteiger partial charge in [0.05, 0.1) is 6.61 Å². The molecule has 1 N–H and O–H groups in total. The molecule has 0 aliphatic heterocycles. The number of nitrogens with zero attached hydrogens (tertiary/aromatic N) is 3. The number of ether oxygens (including phenoxy) is 1. The fraction of sp³-hybridized carbons (Fsp3) is 0.889. The number of unbranched alkanes of at least 4 members (excludes halogenated alkanes) is 1. The van der Waals surface area contributed by atoms with Crippen LogP contribution in [-0.4, -0.2) is 32.2 Å². The Hall–Kier alpha value is -1.26. The Balaban J connectivity index is 3.20. The van der Waals surface area contributed by atoms with E-state index in [1.54, 1.807) is 0 Å². The first-order valence-electron chi connectivity index (χ1n) is 5.16. The molecular formula is C9H18N4O2. The SMILES string of the molecule is CCOCCC(=O)NCCCCN=[N+]=[N-]. The summed E-state index contributed by atoms with van der Waals surface area (Å²) in [6.07, 6.45) is 2.04. The van der Waals surface area contributed by atoms with Gasteiger partial charge in [-0.1, -0.05) is 5.11 Å². The maximum Gasteiger partial charge on any atom is 0.222 e. The van der Waals surface area contributed by atoms with Crippen LogP contribution in [0.1, 0.15) is 26.2 Å². The zero-order valence-corrected chi connectivity index (χ0v) is 9.11. The first-order valence-corrected chi connectivity index (χ1v) is 5.16. The largest absolute Gasteiger partial charge is 0.381 e. The molecule has 1 amide bonds. The molecule has 86 valence electrons. The molecule has 0 aromatic carbocycles. The molecule has 0 aromatic rings. The highest BCUT2D eigenvalue weighted by atomic mass is 16.5. The smallest absolute Gasteiger partial charge is 0.222 e. The molecule has 0 radical (unpaired) electrons. The van der Waals surface area contributed by atoms with Crippen molar-refractivity contribution in [1.82, 2.24) is 5.32 Å². The van der Waals surface area contributed by atoms with E-state index in [4.69, 9.17) is 10.3 Å². The zero-order chi connectivity index (χ0) is 11.4. The van der Waals surface area contributed by atoms with Crippen LogP contribution in [0.3, 0.4) is 0 Å². The Morgan fingerprint density at radius 3 is 3.00 bits per heavy atom. The highest BCUT2D eigenvalue weighted by Gasteiger charge is 1.99. The van der Waals surface area contributed by atoms with Gasteiger partial charge in [0.25, 0.3) is 0 Å². The average molecular weight is 214 g/mol. The number of carbonyl (C=O) groups is 1. The van der Waals surface area contributed by atoms with Gasteiger partial charge in [0.15, 0.2) is 0 Å². The number of rotatable bonds is 9. The lowest BCUT2D eigenvalue weighted by Gasteiger charge is -2.04. The lowest BCUT2D eigenvalue weighted by molar-refractivity contribution is -0.122. The van der Waals surface area contributed by atoms with E-state index in [-0.39, 0.29) is 5.91 Å². The maximum atomic E-state index is 11.1. The molecule has 15 heavy (non-hydrogen) atoms. The first-order chi connectivity index (χ1) is 7.31. The Kier molecular flexibility index (Phi) is 9.91. The second-order valence-corrected chi connectivity index (χ2v) is 2.96. The number of hydrogen-bond donors (Lipinski definition) is 1. The van der Waals surface area contributed by atoms with Crippen molar-refractivity contribution in [3.8, 4) is 0 Å². The van der Waals surface area contributed by atoms with Crippen molar-refractivity contribution in [2.45, 2.75) is 26.2 Å². The number of azide groups is 1. The van der Waals surface area contributed by atoms with E-state index in [9.17, 15) is 4.79 Å². The molecule has 0 atom stereocenters. The second kappa shape index (κ2) is 10.8. The average Bonchev–Trinajstić information content (AvgIpc) is 2.23. The van der Waals surface area contributed by atoms with E-state index in [0.717, 1.165) is 12.8 Å². The summed E-state index contributed by atoms with van der Waals surface area (Å²) < 4.78 is 5.05. The van der Waals surface area contributed by atoms with Crippen molar-refractivity contribution in [1.29, 1.82) is 0 Å². The summed E-state index contributed by atoms with van der Waals surface area (Å²) in [6, 6.07) is 0. The van der Waals surface area contributed by atoms with Crippen LogP contribution in [0.5, 0.6) is 0 Å². The third kappa shape index (κ3) is 10.7. The highest BCUT2D eigenvalue weighted by molar-refractivity contribution is 5.75. The third-order valence-electron chi connectivity index (χ3n) is 1.75. The predicted molar refractivity (Wildman–Crippen MR) is 57.4 cm³/mol. The quantitative estimate of drug-likeness (QED) is 0.273. The lowest BCUT2D eigenvalue weighted by Crippen LogP contribution is -2.25. The van der Waals surface area contributed by atoms with E-state index in [0.29, 0.717) is 32.7 Å². The monoisotopic (exact) mass is 214 g/mol. The normalized spacial score (nSPS) is 9.40. The zero-order valence-electron chi connectivity index (χ0n) is 9.11. The molecular weight excluding hydrogens is 196 g/mol. The minimum Gasteiger partial charge on any atom is -0.381 e.